The van der Waals surface area contributed by atoms with Crippen molar-refractivity contribution in [2.24, 2.45) is 4.99 Å². The molecule has 0 fully saturated rings. The van der Waals surface area contributed by atoms with Gasteiger partial charge in [-0.2, -0.15) is 0 Å². The maximum Gasteiger partial charge on any atom is 0.132 e. The number of amidine groups is 1. The van der Waals surface area contributed by atoms with E-state index in [1.165, 1.54) is 5.70 Å². The van der Waals surface area contributed by atoms with E-state index < -0.39 is 0 Å². The zero-order valence-electron chi connectivity index (χ0n) is 7.62. The molecule has 1 N–H and O–H groups in total. The lowest BCUT2D eigenvalue weighted by Gasteiger charge is -2.13. The predicted molar refractivity (Wildman–Crippen MR) is 54.7 cm³/mol. The molecule has 1 aromatic rings. The topological polar surface area (TPSA) is 24.4 Å². The summed E-state index contributed by atoms with van der Waals surface area (Å²) in [7, 11) is 0. The number of nitrogens with one attached hydrogen (secondary N) is 1. The van der Waals surface area contributed by atoms with Crippen LogP contribution in [0.3, 0.4) is 0 Å². The monoisotopic (exact) mass is 172 g/mol. The minimum Gasteiger partial charge on any atom is -0.344 e. The van der Waals surface area contributed by atoms with Crippen LogP contribution in [-0.2, 0) is 0 Å². The van der Waals surface area contributed by atoms with Crippen molar-refractivity contribution < 1.29 is 0 Å². The second-order valence-corrected chi connectivity index (χ2v) is 3.07. The molecule has 13 heavy (non-hydrogen) atoms. The first kappa shape index (κ1) is 8.05. The number of hydrogen-bond donors (Lipinski definition) is 1. The third kappa shape index (κ3) is 1.78. The highest BCUT2D eigenvalue weighted by Crippen LogP contribution is 2.04. The van der Waals surface area contributed by atoms with Crippen LogP contribution < -0.4 is 5.32 Å². The molecule has 2 rings (SSSR count). The molecular weight excluding hydrogens is 160 g/mol. The zero-order chi connectivity index (χ0) is 9.10. The molecule has 0 saturated heterocycles. The summed E-state index contributed by atoms with van der Waals surface area (Å²) in [6, 6.07) is 10.2. The Labute approximate surface area is 78.0 Å². The lowest BCUT2D eigenvalue weighted by molar-refractivity contribution is 1.01. The van der Waals surface area contributed by atoms with Crippen LogP contribution in [0.1, 0.15) is 12.5 Å². The summed E-state index contributed by atoms with van der Waals surface area (Å²) in [5.74, 6) is 0.973. The highest BCUT2D eigenvalue weighted by Gasteiger charge is 2.04. The van der Waals surface area contributed by atoms with Gasteiger partial charge in [0.2, 0.25) is 0 Å². The van der Waals surface area contributed by atoms with Crippen molar-refractivity contribution in [3.05, 3.63) is 47.7 Å². The summed E-state index contributed by atoms with van der Waals surface area (Å²) in [6.45, 7) is 2.83. The Hall–Kier alpha value is -1.57. The van der Waals surface area contributed by atoms with Crippen molar-refractivity contribution in [1.29, 1.82) is 0 Å². The second kappa shape index (κ2) is 3.44. The van der Waals surface area contributed by atoms with Gasteiger partial charge < -0.3 is 5.32 Å². The number of nitrogens with zero attached hydrogens (tertiary/aromatic N) is 1. The SMILES string of the molecule is CC1=CCN=C(c2ccccc2)N1. The fourth-order valence-electron chi connectivity index (χ4n) is 1.31. The number of aliphatic imine (C=N–C) groups is 1. The molecule has 1 aliphatic heterocycles. The summed E-state index contributed by atoms with van der Waals surface area (Å²) in [5.41, 5.74) is 2.32. The van der Waals surface area contributed by atoms with E-state index in [9.17, 15) is 0 Å². The molecule has 0 amide bonds. The maximum atomic E-state index is 4.38. The van der Waals surface area contributed by atoms with Gasteiger partial charge in [-0.05, 0) is 13.0 Å². The molecule has 0 saturated carbocycles. The highest BCUT2D eigenvalue weighted by atomic mass is 15.0. The molecule has 0 unspecified atom stereocenters. The van der Waals surface area contributed by atoms with Crippen LogP contribution in [0.15, 0.2) is 47.1 Å². The second-order valence-electron chi connectivity index (χ2n) is 3.07. The fourth-order valence-corrected chi connectivity index (χ4v) is 1.31. The van der Waals surface area contributed by atoms with E-state index >= 15 is 0 Å². The van der Waals surface area contributed by atoms with E-state index in [-0.39, 0.29) is 0 Å². The Balaban J connectivity index is 2.24. The van der Waals surface area contributed by atoms with Crippen molar-refractivity contribution in [2.45, 2.75) is 6.92 Å². The number of benzene rings is 1. The molecule has 0 aliphatic carbocycles. The van der Waals surface area contributed by atoms with Crippen LogP contribution in [0.2, 0.25) is 0 Å². The molecule has 1 aromatic carbocycles. The number of rotatable bonds is 1. The van der Waals surface area contributed by atoms with Gasteiger partial charge in [-0.15, -0.1) is 0 Å². The maximum absolute atomic E-state index is 4.38. The van der Waals surface area contributed by atoms with Crippen molar-refractivity contribution in [2.75, 3.05) is 6.54 Å². The lowest BCUT2D eigenvalue weighted by atomic mass is 10.2. The van der Waals surface area contributed by atoms with Gasteiger partial charge in [-0.1, -0.05) is 30.3 Å². The Kier molecular flexibility index (Phi) is 2.13. The number of hydrogen-bond acceptors (Lipinski definition) is 2. The average Bonchev–Trinajstić information content (AvgIpc) is 2.19. The van der Waals surface area contributed by atoms with Gasteiger partial charge >= 0.3 is 0 Å². The minimum atomic E-state index is 0.781. The lowest BCUT2D eigenvalue weighted by Crippen LogP contribution is -2.25. The summed E-state index contributed by atoms with van der Waals surface area (Å²) < 4.78 is 0. The van der Waals surface area contributed by atoms with Crippen LogP contribution in [0.25, 0.3) is 0 Å². The first-order chi connectivity index (χ1) is 6.36. The summed E-state index contributed by atoms with van der Waals surface area (Å²) in [4.78, 5) is 4.38. The van der Waals surface area contributed by atoms with Gasteiger partial charge in [0.1, 0.15) is 5.84 Å². The first-order valence-corrected chi connectivity index (χ1v) is 4.40. The normalized spacial score (nSPS) is 15.8. The average molecular weight is 172 g/mol. The predicted octanol–water partition coefficient (Wildman–Crippen LogP) is 1.94. The molecule has 2 heteroatoms. The third-order valence-corrected chi connectivity index (χ3v) is 2.01. The summed E-state index contributed by atoms with van der Waals surface area (Å²) >= 11 is 0. The summed E-state index contributed by atoms with van der Waals surface area (Å²) in [6.07, 6.45) is 2.08. The molecule has 1 heterocycles. The third-order valence-electron chi connectivity index (χ3n) is 2.01. The van der Waals surface area contributed by atoms with Crippen molar-refractivity contribution in [3.8, 4) is 0 Å². The first-order valence-electron chi connectivity index (χ1n) is 4.40. The van der Waals surface area contributed by atoms with Crippen LogP contribution in [-0.4, -0.2) is 12.4 Å². The van der Waals surface area contributed by atoms with E-state index in [0.717, 1.165) is 17.9 Å². The fraction of sp³-hybridized carbons (Fsp3) is 0.182. The van der Waals surface area contributed by atoms with E-state index in [2.05, 4.69) is 35.4 Å². The smallest absolute Gasteiger partial charge is 0.132 e. The molecule has 2 nitrogen and oxygen atoms in total. The summed E-state index contributed by atoms with van der Waals surface area (Å²) in [5, 5.41) is 3.24. The van der Waals surface area contributed by atoms with Crippen molar-refractivity contribution >= 4 is 5.84 Å². The van der Waals surface area contributed by atoms with Crippen molar-refractivity contribution in [3.63, 3.8) is 0 Å². The molecule has 1 aliphatic rings. The molecule has 0 bridgehead atoms. The molecule has 0 atom stereocenters. The van der Waals surface area contributed by atoms with Crippen LogP contribution in [0.5, 0.6) is 0 Å². The molecule has 0 spiro atoms. The molecular formula is C11H12N2. The van der Waals surface area contributed by atoms with Gasteiger partial charge in [-0.25, -0.2) is 0 Å². The minimum absolute atomic E-state index is 0.781. The molecule has 66 valence electrons. The Morgan fingerprint density at radius 2 is 2.00 bits per heavy atom. The Bertz CT molecular complexity index is 350. The van der Waals surface area contributed by atoms with Crippen LogP contribution in [0.4, 0.5) is 0 Å². The standard InChI is InChI=1S/C11H12N2/c1-9-7-8-12-11(13-9)10-5-3-2-4-6-10/h2-7H,8H2,1H3,(H,12,13). The van der Waals surface area contributed by atoms with Gasteiger partial charge in [0, 0.05) is 11.3 Å². The van der Waals surface area contributed by atoms with Crippen molar-refractivity contribution in [1.82, 2.24) is 5.32 Å². The molecule has 0 aromatic heterocycles. The largest absolute Gasteiger partial charge is 0.344 e. The van der Waals surface area contributed by atoms with Gasteiger partial charge in [0.25, 0.3) is 0 Å². The Morgan fingerprint density at radius 1 is 1.23 bits per heavy atom. The van der Waals surface area contributed by atoms with Gasteiger partial charge in [0.05, 0.1) is 6.54 Å². The Morgan fingerprint density at radius 3 is 2.69 bits per heavy atom. The van der Waals surface area contributed by atoms with Crippen LogP contribution >= 0.6 is 0 Å². The number of allylic oxidation sites excluding steroid dienone is 1. The van der Waals surface area contributed by atoms with E-state index in [1.807, 2.05) is 18.2 Å². The quantitative estimate of drug-likeness (QED) is 0.687. The molecule has 0 radical (unpaired) electrons. The van der Waals surface area contributed by atoms with Gasteiger partial charge in [-0.3, -0.25) is 4.99 Å². The van der Waals surface area contributed by atoms with Gasteiger partial charge in [0.15, 0.2) is 0 Å². The van der Waals surface area contributed by atoms with E-state index in [0.29, 0.717) is 0 Å². The zero-order valence-corrected chi connectivity index (χ0v) is 7.62. The highest BCUT2D eigenvalue weighted by molar-refractivity contribution is 6.00. The van der Waals surface area contributed by atoms with E-state index in [1.54, 1.807) is 0 Å². The van der Waals surface area contributed by atoms with E-state index in [4.69, 9.17) is 0 Å². The van der Waals surface area contributed by atoms with Crippen LogP contribution in [0, 0.1) is 0 Å².